The first-order chi connectivity index (χ1) is 12.1. The molecule has 4 heteroatoms. The average molecular weight is 387 g/mol. The summed E-state index contributed by atoms with van der Waals surface area (Å²) in [5, 5.41) is 2.05. The van der Waals surface area contributed by atoms with Crippen molar-refractivity contribution < 1.29 is 4.74 Å². The fraction of sp³-hybridized carbons (Fsp3) is 0.238. The van der Waals surface area contributed by atoms with Crippen LogP contribution < -0.4 is 4.74 Å². The van der Waals surface area contributed by atoms with Gasteiger partial charge in [0, 0.05) is 5.92 Å². The fourth-order valence-corrected chi connectivity index (χ4v) is 6.36. The predicted molar refractivity (Wildman–Crippen MR) is 104 cm³/mol. The second kappa shape index (κ2) is 5.51. The van der Waals surface area contributed by atoms with E-state index in [0.717, 1.165) is 17.0 Å². The number of fused-ring (bicyclic) bond motifs is 2. The minimum absolute atomic E-state index is 0.0390. The molecule has 5 rings (SSSR count). The quantitative estimate of drug-likeness (QED) is 0.489. The van der Waals surface area contributed by atoms with E-state index in [-0.39, 0.29) is 11.8 Å². The second-order valence-corrected chi connectivity index (χ2v) is 9.08. The van der Waals surface area contributed by atoms with Gasteiger partial charge in [-0.3, -0.25) is 0 Å². The van der Waals surface area contributed by atoms with Crippen LogP contribution in [0.15, 0.2) is 72.1 Å². The van der Waals surface area contributed by atoms with Gasteiger partial charge in [0.1, 0.15) is 5.75 Å². The molecule has 0 bridgehead atoms. The molecule has 1 aromatic heterocycles. The van der Waals surface area contributed by atoms with E-state index < -0.39 is 9.93 Å². The highest BCUT2D eigenvalue weighted by Crippen LogP contribution is 2.77. The van der Waals surface area contributed by atoms with E-state index in [1.165, 1.54) is 11.1 Å². The summed E-state index contributed by atoms with van der Waals surface area (Å²) < 4.78 is 5.55. The van der Waals surface area contributed by atoms with Crippen LogP contribution in [-0.4, -0.2) is 4.33 Å². The van der Waals surface area contributed by atoms with Crippen molar-refractivity contribution in [1.82, 2.24) is 0 Å². The van der Waals surface area contributed by atoms with Crippen LogP contribution >= 0.6 is 34.5 Å². The molecule has 1 fully saturated rings. The molecule has 3 aromatic rings. The van der Waals surface area contributed by atoms with Crippen LogP contribution in [-0.2, 0) is 12.0 Å². The number of rotatable bonds is 3. The van der Waals surface area contributed by atoms with Gasteiger partial charge in [-0.1, -0.05) is 77.8 Å². The molecule has 0 radical (unpaired) electrons. The van der Waals surface area contributed by atoms with Gasteiger partial charge in [-0.2, -0.15) is 0 Å². The Morgan fingerprint density at radius 2 is 1.68 bits per heavy atom. The number of para-hydroxylation sites is 1. The molecule has 1 aliphatic carbocycles. The van der Waals surface area contributed by atoms with Gasteiger partial charge in [-0.15, -0.1) is 11.3 Å². The van der Waals surface area contributed by atoms with Crippen LogP contribution in [0.5, 0.6) is 5.75 Å². The summed E-state index contributed by atoms with van der Waals surface area (Å²) in [7, 11) is 0. The minimum Gasteiger partial charge on any atom is -0.478 e. The third-order valence-electron chi connectivity index (χ3n) is 5.42. The SMILES string of the molecule is ClC1(Cl)[C@@H]2[C@H](Cc3ccccc3)c3ccccc3O[C@]21c1cccs1. The lowest BCUT2D eigenvalue weighted by molar-refractivity contribution is 0.136. The standard InChI is InChI=1S/C21H16Cl2OS/c22-21(23)19-16(13-14-7-2-1-3-8-14)15-9-4-5-10-17(15)24-20(19,21)18-11-6-12-25-18/h1-12,16,19H,13H2/t16-,19-,20-/m1/s1. The van der Waals surface area contributed by atoms with Crippen molar-refractivity contribution in [3.8, 4) is 5.75 Å². The van der Waals surface area contributed by atoms with Crippen molar-refractivity contribution in [2.45, 2.75) is 22.3 Å². The van der Waals surface area contributed by atoms with E-state index in [0.29, 0.717) is 0 Å². The summed E-state index contributed by atoms with van der Waals surface area (Å²) in [6, 6.07) is 22.9. The molecule has 0 unspecified atom stereocenters. The van der Waals surface area contributed by atoms with Gasteiger partial charge in [-0.25, -0.2) is 0 Å². The van der Waals surface area contributed by atoms with Crippen LogP contribution in [0.1, 0.15) is 21.9 Å². The summed E-state index contributed by atoms with van der Waals surface area (Å²) in [6.45, 7) is 0. The maximum Gasteiger partial charge on any atom is 0.183 e. The number of thiophene rings is 1. The number of alkyl halides is 2. The first-order valence-corrected chi connectivity index (χ1v) is 10.0. The Hall–Kier alpha value is -1.48. The lowest BCUT2D eigenvalue weighted by atomic mass is 9.84. The zero-order valence-corrected chi connectivity index (χ0v) is 15.7. The Kier molecular flexibility index (Phi) is 3.47. The lowest BCUT2D eigenvalue weighted by Crippen LogP contribution is -2.28. The molecule has 25 heavy (non-hydrogen) atoms. The maximum atomic E-state index is 6.86. The monoisotopic (exact) mass is 386 g/mol. The third kappa shape index (κ3) is 2.14. The van der Waals surface area contributed by atoms with Gasteiger partial charge in [0.05, 0.1) is 10.8 Å². The van der Waals surface area contributed by atoms with Crippen LogP contribution in [0.2, 0.25) is 0 Å². The number of hydrogen-bond acceptors (Lipinski definition) is 2. The molecule has 1 aliphatic heterocycles. The van der Waals surface area contributed by atoms with Gasteiger partial charge in [0.15, 0.2) is 9.93 Å². The molecule has 2 heterocycles. The Balaban J connectivity index is 1.64. The number of ether oxygens (including phenoxy) is 1. The third-order valence-corrected chi connectivity index (χ3v) is 7.44. The topological polar surface area (TPSA) is 9.23 Å². The molecule has 0 spiro atoms. The number of halogens is 2. The zero-order valence-electron chi connectivity index (χ0n) is 13.4. The fourth-order valence-electron chi connectivity index (χ4n) is 4.26. The number of benzene rings is 2. The zero-order chi connectivity index (χ0) is 17.1. The minimum atomic E-state index is -0.920. The van der Waals surface area contributed by atoms with Crippen molar-refractivity contribution in [1.29, 1.82) is 0 Å². The molecule has 0 amide bonds. The smallest absolute Gasteiger partial charge is 0.183 e. The van der Waals surface area contributed by atoms with Crippen molar-refractivity contribution in [2.24, 2.45) is 5.92 Å². The molecule has 1 nitrogen and oxygen atoms in total. The molecular formula is C21H16Cl2OS. The molecule has 0 N–H and O–H groups in total. The van der Waals surface area contributed by atoms with Gasteiger partial charge in [0.25, 0.3) is 0 Å². The predicted octanol–water partition coefficient (Wildman–Crippen LogP) is 6.17. The Labute approximate surface area is 161 Å². The summed E-state index contributed by atoms with van der Waals surface area (Å²) >= 11 is 15.4. The maximum absolute atomic E-state index is 6.86. The highest BCUT2D eigenvalue weighted by atomic mass is 35.5. The largest absolute Gasteiger partial charge is 0.478 e. The van der Waals surface area contributed by atoms with Crippen LogP contribution in [0.4, 0.5) is 0 Å². The van der Waals surface area contributed by atoms with E-state index in [1.54, 1.807) is 11.3 Å². The van der Waals surface area contributed by atoms with Crippen LogP contribution in [0.25, 0.3) is 0 Å². The molecule has 3 atom stereocenters. The first-order valence-electron chi connectivity index (χ1n) is 8.38. The Bertz CT molecular complexity index is 907. The number of hydrogen-bond donors (Lipinski definition) is 0. The van der Waals surface area contributed by atoms with Crippen molar-refractivity contribution in [3.05, 3.63) is 88.1 Å². The van der Waals surface area contributed by atoms with Crippen LogP contribution in [0, 0.1) is 5.92 Å². The second-order valence-electron chi connectivity index (χ2n) is 6.75. The molecule has 1 saturated carbocycles. The molecule has 2 aromatic carbocycles. The average Bonchev–Trinajstić information content (AvgIpc) is 2.99. The van der Waals surface area contributed by atoms with Gasteiger partial charge < -0.3 is 4.74 Å². The highest BCUT2D eigenvalue weighted by molar-refractivity contribution is 7.10. The van der Waals surface area contributed by atoms with Gasteiger partial charge in [0.2, 0.25) is 0 Å². The molecule has 126 valence electrons. The van der Waals surface area contributed by atoms with Gasteiger partial charge >= 0.3 is 0 Å². The van der Waals surface area contributed by atoms with Gasteiger partial charge in [-0.05, 0) is 35.1 Å². The Morgan fingerprint density at radius 3 is 2.44 bits per heavy atom. The Morgan fingerprint density at radius 1 is 0.920 bits per heavy atom. The van der Waals surface area contributed by atoms with E-state index >= 15 is 0 Å². The normalized spacial score (nSPS) is 28.6. The lowest BCUT2D eigenvalue weighted by Gasteiger charge is -2.30. The molecule has 0 saturated heterocycles. The van der Waals surface area contributed by atoms with Crippen LogP contribution in [0.3, 0.4) is 0 Å². The van der Waals surface area contributed by atoms with E-state index in [2.05, 4.69) is 47.8 Å². The first kappa shape index (κ1) is 15.7. The molecular weight excluding hydrogens is 371 g/mol. The summed E-state index contributed by atoms with van der Waals surface area (Å²) in [6.07, 6.45) is 0.903. The van der Waals surface area contributed by atoms with E-state index in [9.17, 15) is 0 Å². The van der Waals surface area contributed by atoms with Crippen molar-refractivity contribution in [3.63, 3.8) is 0 Å². The van der Waals surface area contributed by atoms with Crippen molar-refractivity contribution in [2.75, 3.05) is 0 Å². The van der Waals surface area contributed by atoms with Crippen molar-refractivity contribution >= 4 is 34.5 Å². The summed E-state index contributed by atoms with van der Waals surface area (Å²) in [5.41, 5.74) is 1.85. The summed E-state index contributed by atoms with van der Waals surface area (Å²) in [4.78, 5) is 1.11. The van der Waals surface area contributed by atoms with E-state index in [4.69, 9.17) is 27.9 Å². The highest BCUT2D eigenvalue weighted by Gasteiger charge is 2.83. The molecule has 2 aliphatic rings. The summed E-state index contributed by atoms with van der Waals surface area (Å²) in [5.74, 6) is 1.16. The van der Waals surface area contributed by atoms with E-state index in [1.807, 2.05) is 24.3 Å².